The summed E-state index contributed by atoms with van der Waals surface area (Å²) in [5.41, 5.74) is 1.53. The minimum absolute atomic E-state index is 0.760. The minimum Gasteiger partial charge on any atom is -0.306 e. The molecule has 1 aliphatic rings. The molecule has 0 radical (unpaired) electrons. The third-order valence-corrected chi connectivity index (χ3v) is 3.57. The maximum absolute atomic E-state index is 2.47. The van der Waals surface area contributed by atoms with Crippen LogP contribution in [0.25, 0.3) is 0 Å². The molecule has 0 amide bonds. The first kappa shape index (κ1) is 10.7. The van der Waals surface area contributed by atoms with Crippen LogP contribution in [0.1, 0.15) is 31.2 Å². The highest BCUT2D eigenvalue weighted by molar-refractivity contribution is 5.20. The molecule has 0 saturated carbocycles. The third-order valence-electron chi connectivity index (χ3n) is 3.57. The molecule has 2 atom stereocenters. The summed E-state index contributed by atoms with van der Waals surface area (Å²) >= 11 is 0. The van der Waals surface area contributed by atoms with E-state index in [1.54, 1.807) is 0 Å². The summed E-state index contributed by atoms with van der Waals surface area (Å²) in [5.74, 6) is 1.54. The monoisotopic (exact) mass is 203 g/mol. The number of hydrogen-bond acceptors (Lipinski definition) is 1. The highest BCUT2D eigenvalue weighted by Crippen LogP contribution is 2.31. The van der Waals surface area contributed by atoms with Crippen molar-refractivity contribution in [3.8, 4) is 0 Å². The number of nitrogens with zero attached hydrogens (tertiary/aromatic N) is 1. The van der Waals surface area contributed by atoms with E-state index in [1.807, 2.05) is 0 Å². The largest absolute Gasteiger partial charge is 0.306 e. The Balaban J connectivity index is 2.14. The average Bonchev–Trinajstić information content (AvgIpc) is 2.40. The lowest BCUT2D eigenvalue weighted by molar-refractivity contribution is 0.300. The van der Waals surface area contributed by atoms with Crippen molar-refractivity contribution < 1.29 is 0 Å². The molecule has 0 unspecified atom stereocenters. The Labute approximate surface area is 93.1 Å². The molecule has 0 bridgehead atoms. The van der Waals surface area contributed by atoms with Gasteiger partial charge in [-0.25, -0.2) is 0 Å². The second-order valence-electron chi connectivity index (χ2n) is 4.90. The lowest BCUT2D eigenvalue weighted by Crippen LogP contribution is -2.24. The van der Waals surface area contributed by atoms with Gasteiger partial charge in [0.2, 0.25) is 0 Å². The van der Waals surface area contributed by atoms with Crippen molar-refractivity contribution in [1.29, 1.82) is 0 Å². The number of benzene rings is 1. The van der Waals surface area contributed by atoms with E-state index >= 15 is 0 Å². The minimum atomic E-state index is 0.760. The Morgan fingerprint density at radius 3 is 2.67 bits per heavy atom. The Morgan fingerprint density at radius 1 is 1.20 bits per heavy atom. The van der Waals surface area contributed by atoms with E-state index in [1.165, 1.54) is 31.5 Å². The van der Waals surface area contributed by atoms with E-state index in [2.05, 4.69) is 49.2 Å². The van der Waals surface area contributed by atoms with E-state index < -0.39 is 0 Å². The quantitative estimate of drug-likeness (QED) is 0.678. The number of likely N-dealkylation sites (tertiary alicyclic amines) is 1. The first-order valence-corrected chi connectivity index (χ1v) is 6.01. The molecule has 1 aliphatic heterocycles. The molecule has 1 heterocycles. The molecule has 0 aliphatic carbocycles. The van der Waals surface area contributed by atoms with Crippen molar-refractivity contribution >= 4 is 0 Å². The summed E-state index contributed by atoms with van der Waals surface area (Å²) in [6, 6.07) is 11.0. The highest BCUT2D eigenvalue weighted by Gasteiger charge is 2.23. The predicted molar refractivity (Wildman–Crippen MR) is 65.1 cm³/mol. The summed E-state index contributed by atoms with van der Waals surface area (Å²) in [6.45, 7) is 4.88. The van der Waals surface area contributed by atoms with Crippen LogP contribution in [0.3, 0.4) is 0 Å². The van der Waals surface area contributed by atoms with E-state index in [-0.39, 0.29) is 0 Å². The van der Waals surface area contributed by atoms with Gasteiger partial charge in [0.15, 0.2) is 0 Å². The van der Waals surface area contributed by atoms with Gasteiger partial charge in [-0.15, -0.1) is 0 Å². The van der Waals surface area contributed by atoms with Crippen LogP contribution in [-0.4, -0.2) is 25.0 Å². The number of rotatable bonds is 1. The summed E-state index contributed by atoms with van der Waals surface area (Å²) < 4.78 is 0. The van der Waals surface area contributed by atoms with E-state index in [9.17, 15) is 0 Å². The molecule has 15 heavy (non-hydrogen) atoms. The van der Waals surface area contributed by atoms with Gasteiger partial charge >= 0.3 is 0 Å². The highest BCUT2D eigenvalue weighted by atomic mass is 15.1. The average molecular weight is 203 g/mol. The van der Waals surface area contributed by atoms with Crippen LogP contribution in [0.4, 0.5) is 0 Å². The number of hydrogen-bond donors (Lipinski definition) is 0. The van der Waals surface area contributed by atoms with Crippen molar-refractivity contribution in [1.82, 2.24) is 4.90 Å². The first-order valence-electron chi connectivity index (χ1n) is 6.01. The van der Waals surface area contributed by atoms with Gasteiger partial charge in [-0.2, -0.15) is 0 Å². The summed E-state index contributed by atoms with van der Waals surface area (Å²) in [6.07, 6.45) is 2.68. The van der Waals surface area contributed by atoms with Gasteiger partial charge in [0, 0.05) is 6.54 Å². The third kappa shape index (κ3) is 2.60. The zero-order valence-corrected chi connectivity index (χ0v) is 9.82. The summed E-state index contributed by atoms with van der Waals surface area (Å²) in [5, 5.41) is 0. The van der Waals surface area contributed by atoms with Crippen molar-refractivity contribution in [3.05, 3.63) is 35.9 Å². The molecule has 1 saturated heterocycles. The fourth-order valence-electron chi connectivity index (χ4n) is 2.77. The lowest BCUT2D eigenvalue weighted by atomic mass is 9.85. The lowest BCUT2D eigenvalue weighted by Gasteiger charge is -2.23. The van der Waals surface area contributed by atoms with Crippen LogP contribution in [0.2, 0.25) is 0 Å². The molecule has 2 rings (SSSR count). The van der Waals surface area contributed by atoms with E-state index in [0.29, 0.717) is 0 Å². The fraction of sp³-hybridized carbons (Fsp3) is 0.571. The van der Waals surface area contributed by atoms with Crippen molar-refractivity contribution in [3.63, 3.8) is 0 Å². The standard InChI is InChI=1S/C14H21N/c1-12-11-15(2)10-6-9-14(12)13-7-4-3-5-8-13/h3-5,7-8,12,14H,6,9-11H2,1-2H3/t12-,14+/m0/s1. The van der Waals surface area contributed by atoms with Gasteiger partial charge in [-0.1, -0.05) is 37.3 Å². The normalized spacial score (nSPS) is 28.7. The molecule has 1 fully saturated rings. The van der Waals surface area contributed by atoms with Crippen LogP contribution in [0.5, 0.6) is 0 Å². The summed E-state index contributed by atoms with van der Waals surface area (Å²) in [4.78, 5) is 2.47. The molecule has 0 aromatic heterocycles. The van der Waals surface area contributed by atoms with Crippen LogP contribution in [0, 0.1) is 5.92 Å². The Bertz CT molecular complexity index is 293. The van der Waals surface area contributed by atoms with Crippen molar-refractivity contribution in [2.45, 2.75) is 25.7 Å². The second-order valence-corrected chi connectivity index (χ2v) is 4.90. The molecule has 1 aromatic rings. The first-order chi connectivity index (χ1) is 7.27. The van der Waals surface area contributed by atoms with Crippen LogP contribution in [-0.2, 0) is 0 Å². The maximum atomic E-state index is 2.47. The molecule has 1 aromatic carbocycles. The van der Waals surface area contributed by atoms with Gasteiger partial charge in [0.1, 0.15) is 0 Å². The predicted octanol–water partition coefficient (Wildman–Crippen LogP) is 3.13. The van der Waals surface area contributed by atoms with Gasteiger partial charge in [-0.3, -0.25) is 0 Å². The zero-order chi connectivity index (χ0) is 10.7. The van der Waals surface area contributed by atoms with Gasteiger partial charge in [0.05, 0.1) is 0 Å². The molecular formula is C14H21N. The van der Waals surface area contributed by atoms with Gasteiger partial charge in [-0.05, 0) is 43.8 Å². The molecule has 1 heteroatoms. The Morgan fingerprint density at radius 2 is 1.93 bits per heavy atom. The van der Waals surface area contributed by atoms with Crippen LogP contribution >= 0.6 is 0 Å². The Kier molecular flexibility index (Phi) is 3.42. The summed E-state index contributed by atoms with van der Waals surface area (Å²) in [7, 11) is 2.24. The SMILES string of the molecule is C[C@H]1CN(C)CCC[C@H]1c1ccccc1. The van der Waals surface area contributed by atoms with Gasteiger partial charge in [0.25, 0.3) is 0 Å². The van der Waals surface area contributed by atoms with Crippen LogP contribution < -0.4 is 0 Å². The van der Waals surface area contributed by atoms with Gasteiger partial charge < -0.3 is 4.90 Å². The molecule has 1 nitrogen and oxygen atoms in total. The molecule has 0 spiro atoms. The second kappa shape index (κ2) is 4.80. The van der Waals surface area contributed by atoms with E-state index in [0.717, 1.165) is 11.8 Å². The van der Waals surface area contributed by atoms with Crippen LogP contribution in [0.15, 0.2) is 30.3 Å². The maximum Gasteiger partial charge on any atom is 0.000981 e. The van der Waals surface area contributed by atoms with E-state index in [4.69, 9.17) is 0 Å². The topological polar surface area (TPSA) is 3.24 Å². The molecule has 0 N–H and O–H groups in total. The van der Waals surface area contributed by atoms with Crippen molar-refractivity contribution in [2.24, 2.45) is 5.92 Å². The smallest absolute Gasteiger partial charge is 0.000981 e. The zero-order valence-electron chi connectivity index (χ0n) is 9.82. The molecular weight excluding hydrogens is 182 g/mol. The fourth-order valence-corrected chi connectivity index (χ4v) is 2.77. The van der Waals surface area contributed by atoms with Crippen molar-refractivity contribution in [2.75, 3.05) is 20.1 Å². The Hall–Kier alpha value is -0.820. The molecule has 82 valence electrons.